The van der Waals surface area contributed by atoms with E-state index in [9.17, 15) is 13.2 Å². The van der Waals surface area contributed by atoms with Crippen molar-refractivity contribution in [2.45, 2.75) is 17.9 Å². The normalized spacial score (nSPS) is 11.9. The Balaban J connectivity index is 1.54. The predicted octanol–water partition coefficient (Wildman–Crippen LogP) is 3.75. The second-order valence-electron chi connectivity index (χ2n) is 6.79. The standard InChI is InChI=1S/C23H24N2O5S/c1-17(18-6-4-3-5-7-18)24-23(26)16-30-21-12-14-22(15-13-21)31(27,28)25-19-8-10-20(29-2)11-9-19/h3-15,17,25H,16H2,1-2H3,(H,24,26). The van der Waals surface area contributed by atoms with Gasteiger partial charge in [-0.05, 0) is 61.0 Å². The van der Waals surface area contributed by atoms with Gasteiger partial charge in [0, 0.05) is 5.69 Å². The van der Waals surface area contributed by atoms with Crippen LogP contribution in [0.2, 0.25) is 0 Å². The molecule has 8 heteroatoms. The monoisotopic (exact) mass is 440 g/mol. The van der Waals surface area contributed by atoms with E-state index in [2.05, 4.69) is 10.0 Å². The molecule has 1 unspecified atom stereocenters. The Hall–Kier alpha value is -3.52. The van der Waals surface area contributed by atoms with E-state index in [-0.39, 0.29) is 23.5 Å². The van der Waals surface area contributed by atoms with Gasteiger partial charge in [0.15, 0.2) is 6.61 Å². The Kier molecular flexibility index (Phi) is 7.15. The molecule has 0 radical (unpaired) electrons. The summed E-state index contributed by atoms with van der Waals surface area (Å²) in [7, 11) is -2.22. The molecule has 3 aromatic carbocycles. The lowest BCUT2D eigenvalue weighted by atomic mass is 10.1. The Bertz CT molecular complexity index is 1100. The van der Waals surface area contributed by atoms with Crippen LogP contribution < -0.4 is 19.5 Å². The minimum Gasteiger partial charge on any atom is -0.497 e. The van der Waals surface area contributed by atoms with Gasteiger partial charge in [-0.15, -0.1) is 0 Å². The molecule has 0 saturated carbocycles. The maximum Gasteiger partial charge on any atom is 0.261 e. The van der Waals surface area contributed by atoms with Crippen LogP contribution in [0.5, 0.6) is 11.5 Å². The van der Waals surface area contributed by atoms with E-state index in [1.165, 1.54) is 31.4 Å². The van der Waals surface area contributed by atoms with Crippen molar-refractivity contribution in [1.82, 2.24) is 5.32 Å². The van der Waals surface area contributed by atoms with Crippen LogP contribution in [0.3, 0.4) is 0 Å². The summed E-state index contributed by atoms with van der Waals surface area (Å²) >= 11 is 0. The number of benzene rings is 3. The van der Waals surface area contributed by atoms with Gasteiger partial charge in [0.25, 0.3) is 15.9 Å². The van der Waals surface area contributed by atoms with Gasteiger partial charge in [0.1, 0.15) is 11.5 Å². The van der Waals surface area contributed by atoms with Crippen LogP contribution >= 0.6 is 0 Å². The van der Waals surface area contributed by atoms with Crippen LogP contribution in [0.1, 0.15) is 18.5 Å². The highest BCUT2D eigenvalue weighted by Crippen LogP contribution is 2.21. The maximum atomic E-state index is 12.5. The molecule has 0 aliphatic heterocycles. The number of carbonyl (C=O) groups is 1. The van der Waals surface area contributed by atoms with Gasteiger partial charge >= 0.3 is 0 Å². The molecule has 1 amide bonds. The summed E-state index contributed by atoms with van der Waals surface area (Å²) in [6.45, 7) is 1.72. The number of anilines is 1. The first kappa shape index (κ1) is 22.2. The zero-order valence-corrected chi connectivity index (χ0v) is 18.1. The van der Waals surface area contributed by atoms with Crippen LogP contribution in [0.25, 0.3) is 0 Å². The zero-order chi connectivity index (χ0) is 22.3. The number of hydrogen-bond donors (Lipinski definition) is 2. The fourth-order valence-electron chi connectivity index (χ4n) is 2.85. The molecular weight excluding hydrogens is 416 g/mol. The SMILES string of the molecule is COc1ccc(NS(=O)(=O)c2ccc(OCC(=O)NC(C)c3ccccc3)cc2)cc1. The zero-order valence-electron chi connectivity index (χ0n) is 17.2. The first-order valence-electron chi connectivity index (χ1n) is 9.61. The molecule has 0 fully saturated rings. The van der Waals surface area contributed by atoms with E-state index >= 15 is 0 Å². The first-order chi connectivity index (χ1) is 14.9. The number of nitrogens with one attached hydrogen (secondary N) is 2. The summed E-state index contributed by atoms with van der Waals surface area (Å²) in [4.78, 5) is 12.2. The van der Waals surface area contributed by atoms with E-state index in [0.29, 0.717) is 17.2 Å². The molecule has 0 bridgehead atoms. The summed E-state index contributed by atoms with van der Waals surface area (Å²) < 4.78 is 38.1. The Morgan fingerprint density at radius 3 is 2.13 bits per heavy atom. The number of carbonyl (C=O) groups excluding carboxylic acids is 1. The number of hydrogen-bond acceptors (Lipinski definition) is 5. The van der Waals surface area contributed by atoms with Gasteiger partial charge < -0.3 is 14.8 Å². The average molecular weight is 441 g/mol. The van der Waals surface area contributed by atoms with Gasteiger partial charge in [-0.2, -0.15) is 0 Å². The Labute approximate surface area is 182 Å². The fraction of sp³-hybridized carbons (Fsp3) is 0.174. The lowest BCUT2D eigenvalue weighted by molar-refractivity contribution is -0.123. The summed E-state index contributed by atoms with van der Waals surface area (Å²) in [5, 5.41) is 2.86. The fourth-order valence-corrected chi connectivity index (χ4v) is 3.90. The molecule has 162 valence electrons. The molecule has 1 atom stereocenters. The van der Waals surface area contributed by atoms with Gasteiger partial charge in [-0.1, -0.05) is 30.3 Å². The van der Waals surface area contributed by atoms with Crippen molar-refractivity contribution < 1.29 is 22.7 Å². The quantitative estimate of drug-likeness (QED) is 0.529. The second kappa shape index (κ2) is 9.99. The lowest BCUT2D eigenvalue weighted by Crippen LogP contribution is -2.31. The van der Waals surface area contributed by atoms with Crippen LogP contribution in [-0.4, -0.2) is 28.0 Å². The van der Waals surface area contributed by atoms with Crippen molar-refractivity contribution in [3.63, 3.8) is 0 Å². The topological polar surface area (TPSA) is 93.7 Å². The number of methoxy groups -OCH3 is 1. The highest BCUT2D eigenvalue weighted by atomic mass is 32.2. The number of sulfonamides is 1. The number of ether oxygens (including phenoxy) is 2. The predicted molar refractivity (Wildman–Crippen MR) is 119 cm³/mol. The average Bonchev–Trinajstić information content (AvgIpc) is 2.79. The smallest absolute Gasteiger partial charge is 0.261 e. The molecule has 2 N–H and O–H groups in total. The number of rotatable bonds is 9. The van der Waals surface area contributed by atoms with Crippen LogP contribution in [0.4, 0.5) is 5.69 Å². The molecule has 31 heavy (non-hydrogen) atoms. The third kappa shape index (κ3) is 6.23. The molecule has 0 aromatic heterocycles. The van der Waals surface area contributed by atoms with Gasteiger partial charge in [-0.25, -0.2) is 8.42 Å². The van der Waals surface area contributed by atoms with Crippen molar-refractivity contribution in [3.8, 4) is 11.5 Å². The summed E-state index contributed by atoms with van der Waals surface area (Å²) in [5.74, 6) is 0.756. The molecule has 0 saturated heterocycles. The van der Waals surface area contributed by atoms with E-state index in [4.69, 9.17) is 9.47 Å². The van der Waals surface area contributed by atoms with Crippen molar-refractivity contribution in [2.24, 2.45) is 0 Å². The molecule has 3 rings (SSSR count). The van der Waals surface area contributed by atoms with Crippen LogP contribution in [0, 0.1) is 0 Å². The number of amides is 1. The highest BCUT2D eigenvalue weighted by molar-refractivity contribution is 7.92. The minimum atomic E-state index is -3.75. The third-order valence-corrected chi connectivity index (χ3v) is 5.92. The molecule has 0 heterocycles. The largest absolute Gasteiger partial charge is 0.497 e. The summed E-state index contributed by atoms with van der Waals surface area (Å²) in [6, 6.07) is 21.9. The van der Waals surface area contributed by atoms with E-state index in [0.717, 1.165) is 5.56 Å². The van der Waals surface area contributed by atoms with Gasteiger partial charge in [0.2, 0.25) is 0 Å². The van der Waals surface area contributed by atoms with E-state index in [1.54, 1.807) is 24.3 Å². The van der Waals surface area contributed by atoms with Crippen LogP contribution in [-0.2, 0) is 14.8 Å². The molecule has 0 aliphatic carbocycles. The highest BCUT2D eigenvalue weighted by Gasteiger charge is 2.15. The Morgan fingerprint density at radius 2 is 1.52 bits per heavy atom. The van der Waals surface area contributed by atoms with Crippen molar-refractivity contribution in [2.75, 3.05) is 18.4 Å². The molecule has 0 aliphatic rings. The van der Waals surface area contributed by atoms with E-state index < -0.39 is 10.0 Å². The lowest BCUT2D eigenvalue weighted by Gasteiger charge is -2.15. The van der Waals surface area contributed by atoms with Crippen molar-refractivity contribution in [1.29, 1.82) is 0 Å². The molecular formula is C23H24N2O5S. The van der Waals surface area contributed by atoms with Crippen molar-refractivity contribution in [3.05, 3.63) is 84.4 Å². The van der Waals surface area contributed by atoms with Gasteiger partial charge in [0.05, 0.1) is 18.0 Å². The molecule has 3 aromatic rings. The third-order valence-electron chi connectivity index (χ3n) is 4.52. The van der Waals surface area contributed by atoms with Gasteiger partial charge in [-0.3, -0.25) is 9.52 Å². The summed E-state index contributed by atoms with van der Waals surface area (Å²) in [6.07, 6.45) is 0. The second-order valence-corrected chi connectivity index (χ2v) is 8.48. The van der Waals surface area contributed by atoms with Crippen molar-refractivity contribution >= 4 is 21.6 Å². The molecule has 7 nitrogen and oxygen atoms in total. The summed E-state index contributed by atoms with van der Waals surface area (Å²) in [5.41, 5.74) is 1.42. The Morgan fingerprint density at radius 1 is 0.903 bits per heavy atom. The molecule has 0 spiro atoms. The van der Waals surface area contributed by atoms with E-state index in [1.807, 2.05) is 37.3 Å². The minimum absolute atomic E-state index is 0.0813. The maximum absolute atomic E-state index is 12.5. The first-order valence-corrected chi connectivity index (χ1v) is 11.1. The van der Waals surface area contributed by atoms with Crippen LogP contribution in [0.15, 0.2) is 83.8 Å².